The van der Waals surface area contributed by atoms with Gasteiger partial charge in [-0.1, -0.05) is 30.8 Å². The maximum absolute atomic E-state index is 13.0. The molecule has 0 saturated carbocycles. The molecule has 6 heteroatoms. The van der Waals surface area contributed by atoms with Gasteiger partial charge in [0.25, 0.3) is 5.91 Å². The van der Waals surface area contributed by atoms with Crippen LogP contribution < -0.4 is 14.8 Å². The average molecular weight is 408 g/mol. The molecule has 1 saturated heterocycles. The van der Waals surface area contributed by atoms with Crippen LogP contribution in [0.1, 0.15) is 31.4 Å². The minimum absolute atomic E-state index is 0.265. The van der Waals surface area contributed by atoms with E-state index < -0.39 is 5.54 Å². The number of hydrogen-bond acceptors (Lipinski definition) is 4. The lowest BCUT2D eigenvalue weighted by Gasteiger charge is -2.22. The smallest absolute Gasteiger partial charge is 0.325 e. The van der Waals surface area contributed by atoms with Gasteiger partial charge in [0.1, 0.15) is 23.6 Å². The molecular formula is C24H28N2O4. The number of aryl methyl sites for hydroxylation is 1. The number of imide groups is 1. The van der Waals surface area contributed by atoms with E-state index in [4.69, 9.17) is 9.47 Å². The molecule has 158 valence electrons. The van der Waals surface area contributed by atoms with Gasteiger partial charge in [-0.25, -0.2) is 4.79 Å². The standard InChI is InChI=1S/C24H28N2O4/c1-17(2)16-30-20-11-9-19(10-12-20)24(4)22(27)26(23(28)25-24)13-6-14-29-21-8-5-7-18(3)15-21/h5,7-12,15H,1,6,13-14,16H2,2-4H3,(H,25,28). The van der Waals surface area contributed by atoms with Gasteiger partial charge in [0.2, 0.25) is 0 Å². The van der Waals surface area contributed by atoms with E-state index in [0.29, 0.717) is 37.5 Å². The molecular weight excluding hydrogens is 380 g/mol. The lowest BCUT2D eigenvalue weighted by molar-refractivity contribution is -0.131. The van der Waals surface area contributed by atoms with Gasteiger partial charge in [0, 0.05) is 6.54 Å². The highest BCUT2D eigenvalue weighted by Gasteiger charge is 2.48. The number of ether oxygens (including phenoxy) is 2. The van der Waals surface area contributed by atoms with Gasteiger partial charge >= 0.3 is 6.03 Å². The summed E-state index contributed by atoms with van der Waals surface area (Å²) >= 11 is 0. The first-order valence-corrected chi connectivity index (χ1v) is 10.0. The maximum atomic E-state index is 13.0. The zero-order chi connectivity index (χ0) is 21.7. The molecule has 3 rings (SSSR count). The molecule has 0 bridgehead atoms. The number of carbonyl (C=O) groups excluding carboxylic acids is 2. The summed E-state index contributed by atoms with van der Waals surface area (Å²) in [4.78, 5) is 26.7. The molecule has 1 aliphatic rings. The van der Waals surface area contributed by atoms with Crippen molar-refractivity contribution in [1.82, 2.24) is 10.2 Å². The van der Waals surface area contributed by atoms with Crippen LogP contribution in [0.25, 0.3) is 0 Å². The average Bonchev–Trinajstić information content (AvgIpc) is 2.93. The maximum Gasteiger partial charge on any atom is 0.325 e. The van der Waals surface area contributed by atoms with Gasteiger partial charge in [-0.2, -0.15) is 0 Å². The fourth-order valence-corrected chi connectivity index (χ4v) is 3.30. The minimum Gasteiger partial charge on any atom is -0.494 e. The van der Waals surface area contributed by atoms with Crippen LogP contribution >= 0.6 is 0 Å². The van der Waals surface area contributed by atoms with Gasteiger partial charge < -0.3 is 14.8 Å². The highest BCUT2D eigenvalue weighted by atomic mass is 16.5. The largest absolute Gasteiger partial charge is 0.494 e. The summed E-state index contributed by atoms with van der Waals surface area (Å²) in [5.41, 5.74) is 1.66. The summed E-state index contributed by atoms with van der Waals surface area (Å²) in [6, 6.07) is 14.6. The second-order valence-electron chi connectivity index (χ2n) is 7.80. The Labute approximate surface area is 177 Å². The Hall–Kier alpha value is -3.28. The van der Waals surface area contributed by atoms with Crippen LogP contribution in [0.2, 0.25) is 0 Å². The van der Waals surface area contributed by atoms with Crippen molar-refractivity contribution in [2.75, 3.05) is 19.8 Å². The van der Waals surface area contributed by atoms with E-state index in [1.54, 1.807) is 31.2 Å². The summed E-state index contributed by atoms with van der Waals surface area (Å²) in [5.74, 6) is 1.21. The van der Waals surface area contributed by atoms with Crippen LogP contribution in [0, 0.1) is 6.92 Å². The fraction of sp³-hybridized carbons (Fsp3) is 0.333. The molecule has 0 spiro atoms. The lowest BCUT2D eigenvalue weighted by atomic mass is 9.92. The van der Waals surface area contributed by atoms with Crippen molar-refractivity contribution in [2.45, 2.75) is 32.7 Å². The zero-order valence-corrected chi connectivity index (χ0v) is 17.7. The molecule has 1 fully saturated rings. The van der Waals surface area contributed by atoms with Crippen molar-refractivity contribution in [2.24, 2.45) is 0 Å². The van der Waals surface area contributed by atoms with Crippen LogP contribution in [-0.4, -0.2) is 36.6 Å². The number of rotatable bonds is 9. The normalized spacial score (nSPS) is 18.3. The van der Waals surface area contributed by atoms with Crippen molar-refractivity contribution < 1.29 is 19.1 Å². The molecule has 2 aromatic carbocycles. The van der Waals surface area contributed by atoms with Crippen molar-refractivity contribution in [3.63, 3.8) is 0 Å². The first kappa shape index (κ1) is 21.4. The molecule has 2 aromatic rings. The Morgan fingerprint density at radius 3 is 2.50 bits per heavy atom. The molecule has 0 aliphatic carbocycles. The number of nitrogens with one attached hydrogen (secondary N) is 1. The van der Waals surface area contributed by atoms with E-state index >= 15 is 0 Å². The number of amides is 3. The second-order valence-corrected chi connectivity index (χ2v) is 7.80. The number of carbonyl (C=O) groups is 2. The third-order valence-electron chi connectivity index (χ3n) is 4.98. The second kappa shape index (κ2) is 9.03. The molecule has 1 atom stereocenters. The van der Waals surface area contributed by atoms with Crippen LogP contribution in [0.5, 0.6) is 11.5 Å². The Kier molecular flexibility index (Phi) is 6.45. The van der Waals surface area contributed by atoms with Gasteiger partial charge in [-0.3, -0.25) is 9.69 Å². The third kappa shape index (κ3) is 4.82. The van der Waals surface area contributed by atoms with Crippen LogP contribution in [0.4, 0.5) is 4.79 Å². The summed E-state index contributed by atoms with van der Waals surface area (Å²) in [6.45, 7) is 10.6. The number of hydrogen-bond donors (Lipinski definition) is 1. The Morgan fingerprint density at radius 1 is 1.10 bits per heavy atom. The van der Waals surface area contributed by atoms with E-state index in [2.05, 4.69) is 11.9 Å². The van der Waals surface area contributed by atoms with E-state index in [0.717, 1.165) is 16.9 Å². The molecule has 1 heterocycles. The molecule has 0 radical (unpaired) electrons. The Morgan fingerprint density at radius 2 is 1.83 bits per heavy atom. The molecule has 6 nitrogen and oxygen atoms in total. The number of nitrogens with zero attached hydrogens (tertiary/aromatic N) is 1. The molecule has 30 heavy (non-hydrogen) atoms. The van der Waals surface area contributed by atoms with Gasteiger partial charge in [-0.15, -0.1) is 0 Å². The molecule has 1 unspecified atom stereocenters. The first-order chi connectivity index (χ1) is 14.3. The van der Waals surface area contributed by atoms with Crippen molar-refractivity contribution >= 4 is 11.9 Å². The summed E-state index contributed by atoms with van der Waals surface area (Å²) < 4.78 is 11.3. The predicted octanol–water partition coefficient (Wildman–Crippen LogP) is 4.19. The molecule has 0 aromatic heterocycles. The highest BCUT2D eigenvalue weighted by molar-refractivity contribution is 6.07. The van der Waals surface area contributed by atoms with Gasteiger partial charge in [0.15, 0.2) is 0 Å². The Bertz CT molecular complexity index is 938. The van der Waals surface area contributed by atoms with Crippen LogP contribution in [0.15, 0.2) is 60.7 Å². The monoisotopic (exact) mass is 408 g/mol. The van der Waals surface area contributed by atoms with Crippen LogP contribution in [-0.2, 0) is 10.3 Å². The number of urea groups is 1. The highest BCUT2D eigenvalue weighted by Crippen LogP contribution is 2.30. The Balaban J connectivity index is 1.58. The molecule has 1 N–H and O–H groups in total. The predicted molar refractivity (Wildman–Crippen MR) is 116 cm³/mol. The summed E-state index contributed by atoms with van der Waals surface area (Å²) in [6.07, 6.45) is 0.552. The van der Waals surface area contributed by atoms with E-state index in [1.807, 2.05) is 38.1 Å². The quantitative estimate of drug-likeness (QED) is 0.384. The van der Waals surface area contributed by atoms with Crippen molar-refractivity contribution in [3.05, 3.63) is 71.8 Å². The van der Waals surface area contributed by atoms with Gasteiger partial charge in [-0.05, 0) is 68.2 Å². The molecule has 3 amide bonds. The summed E-state index contributed by atoms with van der Waals surface area (Å²) in [7, 11) is 0. The molecule has 1 aliphatic heterocycles. The topological polar surface area (TPSA) is 67.9 Å². The first-order valence-electron chi connectivity index (χ1n) is 10.0. The van der Waals surface area contributed by atoms with E-state index in [1.165, 1.54) is 4.90 Å². The lowest BCUT2D eigenvalue weighted by Crippen LogP contribution is -2.41. The van der Waals surface area contributed by atoms with E-state index in [9.17, 15) is 9.59 Å². The minimum atomic E-state index is -1.10. The van der Waals surface area contributed by atoms with E-state index in [-0.39, 0.29) is 11.9 Å². The fourth-order valence-electron chi connectivity index (χ4n) is 3.30. The van der Waals surface area contributed by atoms with Crippen LogP contribution in [0.3, 0.4) is 0 Å². The third-order valence-corrected chi connectivity index (χ3v) is 4.98. The number of benzene rings is 2. The van der Waals surface area contributed by atoms with Gasteiger partial charge in [0.05, 0.1) is 6.61 Å². The summed E-state index contributed by atoms with van der Waals surface area (Å²) in [5, 5.41) is 2.82. The van der Waals surface area contributed by atoms with Crippen molar-refractivity contribution in [3.8, 4) is 11.5 Å². The van der Waals surface area contributed by atoms with Crippen molar-refractivity contribution in [1.29, 1.82) is 0 Å². The SMILES string of the molecule is C=C(C)COc1ccc(C2(C)NC(=O)N(CCCOc3cccc(C)c3)C2=O)cc1. The zero-order valence-electron chi connectivity index (χ0n) is 17.7.